The second-order valence-corrected chi connectivity index (χ2v) is 2.77. The molecule has 54 valence electrons. The van der Waals surface area contributed by atoms with Crippen molar-refractivity contribution in [2.45, 2.75) is 32.7 Å². The summed E-state index contributed by atoms with van der Waals surface area (Å²) in [6, 6.07) is 0. The largest absolute Gasteiger partial charge is 0.306 e. The Morgan fingerprint density at radius 3 is 2.44 bits per heavy atom. The summed E-state index contributed by atoms with van der Waals surface area (Å²) in [5.41, 5.74) is -0.337. The number of hydrogen-bond donors (Lipinski definition) is 1. The molecule has 0 aromatic heterocycles. The van der Waals surface area contributed by atoms with Crippen molar-refractivity contribution < 1.29 is 4.79 Å². The molecule has 0 saturated carbocycles. The number of rotatable bonds is 4. The molecule has 0 saturated heterocycles. The molecule has 0 atom stereocenters. The van der Waals surface area contributed by atoms with Gasteiger partial charge < -0.3 is 10.1 Å². The smallest absolute Gasteiger partial charge is 0.139 e. The van der Waals surface area contributed by atoms with Crippen LogP contribution in [0, 0.1) is 0 Å². The highest BCUT2D eigenvalue weighted by molar-refractivity contribution is 5.62. The van der Waals surface area contributed by atoms with E-state index in [1.54, 1.807) is 0 Å². The number of aldehydes is 1. The predicted octanol–water partition coefficient (Wildman–Crippen LogP) is 0.963. The monoisotopic (exact) mass is 129 g/mol. The van der Waals surface area contributed by atoms with E-state index in [4.69, 9.17) is 0 Å². The van der Waals surface area contributed by atoms with E-state index in [0.29, 0.717) is 0 Å². The lowest BCUT2D eigenvalue weighted by molar-refractivity contribution is -0.112. The Bertz CT molecular complexity index is 88.9. The summed E-state index contributed by atoms with van der Waals surface area (Å²) in [4.78, 5) is 10.3. The molecule has 0 aliphatic rings. The van der Waals surface area contributed by atoms with E-state index < -0.39 is 0 Å². The fraction of sp³-hybridized carbons (Fsp3) is 0.857. The molecule has 0 aliphatic carbocycles. The van der Waals surface area contributed by atoms with Crippen LogP contribution in [0.25, 0.3) is 0 Å². The molecule has 0 unspecified atom stereocenters. The molecule has 0 aromatic rings. The zero-order valence-electron chi connectivity index (χ0n) is 6.40. The molecule has 0 bridgehead atoms. The summed E-state index contributed by atoms with van der Waals surface area (Å²) in [5.74, 6) is 0. The quantitative estimate of drug-likeness (QED) is 0.573. The van der Waals surface area contributed by atoms with Crippen molar-refractivity contribution in [1.29, 1.82) is 0 Å². The van der Waals surface area contributed by atoms with Crippen LogP contribution >= 0.6 is 0 Å². The van der Waals surface area contributed by atoms with Crippen LogP contribution in [0.5, 0.6) is 0 Å². The van der Waals surface area contributed by atoms with E-state index in [0.717, 1.165) is 19.3 Å². The minimum Gasteiger partial charge on any atom is -0.306 e. The molecule has 0 rings (SSSR count). The molecular weight excluding hydrogens is 114 g/mol. The topological polar surface area (TPSA) is 29.1 Å². The van der Waals surface area contributed by atoms with Crippen molar-refractivity contribution in [3.8, 4) is 0 Å². The standard InChI is InChI=1S/C7H15NO/c1-4-5-8-7(2,3)6-9/h6,8H,4-5H2,1-3H3. The van der Waals surface area contributed by atoms with E-state index in [2.05, 4.69) is 12.2 Å². The van der Waals surface area contributed by atoms with Crippen molar-refractivity contribution in [1.82, 2.24) is 5.32 Å². The van der Waals surface area contributed by atoms with Crippen LogP contribution in [0.2, 0.25) is 0 Å². The number of hydrogen-bond acceptors (Lipinski definition) is 2. The van der Waals surface area contributed by atoms with Gasteiger partial charge in [0.2, 0.25) is 0 Å². The first-order chi connectivity index (χ1) is 4.12. The molecule has 0 heterocycles. The minimum absolute atomic E-state index is 0.337. The summed E-state index contributed by atoms with van der Waals surface area (Å²) in [6.07, 6.45) is 2.00. The minimum atomic E-state index is -0.337. The maximum absolute atomic E-state index is 10.3. The lowest BCUT2D eigenvalue weighted by atomic mass is 10.1. The fourth-order valence-corrected chi connectivity index (χ4v) is 0.489. The molecule has 9 heavy (non-hydrogen) atoms. The highest BCUT2D eigenvalue weighted by Gasteiger charge is 2.12. The first-order valence-corrected chi connectivity index (χ1v) is 3.34. The second-order valence-electron chi connectivity index (χ2n) is 2.77. The van der Waals surface area contributed by atoms with Crippen LogP contribution in [0.3, 0.4) is 0 Å². The summed E-state index contributed by atoms with van der Waals surface area (Å²) < 4.78 is 0. The Morgan fingerprint density at radius 2 is 2.11 bits per heavy atom. The van der Waals surface area contributed by atoms with Crippen LogP contribution in [-0.4, -0.2) is 18.4 Å². The normalized spacial score (nSPS) is 11.4. The molecule has 0 amide bonds. The maximum Gasteiger partial charge on any atom is 0.139 e. The van der Waals surface area contributed by atoms with Crippen molar-refractivity contribution in [3.05, 3.63) is 0 Å². The molecule has 0 aliphatic heterocycles. The van der Waals surface area contributed by atoms with Crippen molar-refractivity contribution in [2.75, 3.05) is 6.54 Å². The maximum atomic E-state index is 10.3. The van der Waals surface area contributed by atoms with Gasteiger partial charge in [-0.1, -0.05) is 6.92 Å². The van der Waals surface area contributed by atoms with Gasteiger partial charge in [0.05, 0.1) is 5.54 Å². The molecule has 2 nitrogen and oxygen atoms in total. The predicted molar refractivity (Wildman–Crippen MR) is 38.4 cm³/mol. The van der Waals surface area contributed by atoms with E-state index in [-0.39, 0.29) is 5.54 Å². The zero-order chi connectivity index (χ0) is 7.33. The van der Waals surface area contributed by atoms with E-state index in [1.165, 1.54) is 0 Å². The Kier molecular flexibility index (Phi) is 3.47. The molecule has 2 heteroatoms. The van der Waals surface area contributed by atoms with Gasteiger partial charge in [-0.05, 0) is 26.8 Å². The third-order valence-electron chi connectivity index (χ3n) is 1.13. The Hall–Kier alpha value is -0.370. The van der Waals surface area contributed by atoms with Gasteiger partial charge in [-0.3, -0.25) is 0 Å². The SMILES string of the molecule is CCCNC(C)(C)C=O. The van der Waals surface area contributed by atoms with Crippen LogP contribution in [-0.2, 0) is 4.79 Å². The first kappa shape index (κ1) is 8.63. The fourth-order valence-electron chi connectivity index (χ4n) is 0.489. The Morgan fingerprint density at radius 1 is 1.56 bits per heavy atom. The van der Waals surface area contributed by atoms with E-state index >= 15 is 0 Å². The van der Waals surface area contributed by atoms with Crippen molar-refractivity contribution in [3.63, 3.8) is 0 Å². The third-order valence-corrected chi connectivity index (χ3v) is 1.13. The van der Waals surface area contributed by atoms with Gasteiger partial charge in [0, 0.05) is 0 Å². The van der Waals surface area contributed by atoms with Gasteiger partial charge in [-0.2, -0.15) is 0 Å². The number of carbonyl (C=O) groups excluding carboxylic acids is 1. The number of carbonyl (C=O) groups is 1. The van der Waals surface area contributed by atoms with Crippen LogP contribution < -0.4 is 5.32 Å². The summed E-state index contributed by atoms with van der Waals surface area (Å²) in [6.45, 7) is 6.73. The van der Waals surface area contributed by atoms with Crippen molar-refractivity contribution in [2.24, 2.45) is 0 Å². The lowest BCUT2D eigenvalue weighted by Crippen LogP contribution is -2.40. The molecule has 0 spiro atoms. The van der Waals surface area contributed by atoms with Crippen LogP contribution in [0.1, 0.15) is 27.2 Å². The van der Waals surface area contributed by atoms with Crippen LogP contribution in [0.4, 0.5) is 0 Å². The van der Waals surface area contributed by atoms with E-state index in [1.807, 2.05) is 13.8 Å². The average molecular weight is 129 g/mol. The summed E-state index contributed by atoms with van der Waals surface area (Å²) >= 11 is 0. The lowest BCUT2D eigenvalue weighted by Gasteiger charge is -2.17. The van der Waals surface area contributed by atoms with Crippen LogP contribution in [0.15, 0.2) is 0 Å². The van der Waals surface area contributed by atoms with Gasteiger partial charge in [0.15, 0.2) is 0 Å². The van der Waals surface area contributed by atoms with Gasteiger partial charge in [-0.25, -0.2) is 0 Å². The first-order valence-electron chi connectivity index (χ1n) is 3.34. The highest BCUT2D eigenvalue weighted by atomic mass is 16.1. The molecule has 0 fully saturated rings. The van der Waals surface area contributed by atoms with Gasteiger partial charge in [0.25, 0.3) is 0 Å². The third kappa shape index (κ3) is 4.15. The zero-order valence-corrected chi connectivity index (χ0v) is 6.40. The van der Waals surface area contributed by atoms with Crippen molar-refractivity contribution >= 4 is 6.29 Å². The molecule has 0 radical (unpaired) electrons. The molecule has 1 N–H and O–H groups in total. The van der Waals surface area contributed by atoms with Gasteiger partial charge >= 0.3 is 0 Å². The van der Waals surface area contributed by atoms with Gasteiger partial charge in [-0.15, -0.1) is 0 Å². The molecule has 0 aromatic carbocycles. The van der Waals surface area contributed by atoms with E-state index in [9.17, 15) is 4.79 Å². The second kappa shape index (κ2) is 3.62. The number of nitrogens with one attached hydrogen (secondary N) is 1. The summed E-state index contributed by atoms with van der Waals surface area (Å²) in [7, 11) is 0. The Labute approximate surface area is 56.6 Å². The van der Waals surface area contributed by atoms with Gasteiger partial charge in [0.1, 0.15) is 6.29 Å². The summed E-state index contributed by atoms with van der Waals surface area (Å²) in [5, 5.41) is 3.09. The average Bonchev–Trinajstić information content (AvgIpc) is 1.84. The Balaban J connectivity index is 3.45. The molecular formula is C7H15NO. The highest BCUT2D eigenvalue weighted by Crippen LogP contribution is 1.94.